The predicted octanol–water partition coefficient (Wildman–Crippen LogP) is -0.980. The van der Waals surface area contributed by atoms with Gasteiger partial charge in [0.25, 0.3) is 0 Å². The van der Waals surface area contributed by atoms with Gasteiger partial charge in [0.15, 0.2) is 0 Å². The van der Waals surface area contributed by atoms with Gasteiger partial charge in [-0.15, -0.1) is 0 Å². The van der Waals surface area contributed by atoms with Crippen LogP contribution in [0.5, 0.6) is 0 Å². The summed E-state index contributed by atoms with van der Waals surface area (Å²) < 4.78 is 0. The van der Waals surface area contributed by atoms with Gasteiger partial charge in [-0.1, -0.05) is 0 Å². The number of carbonyl (C=O) groups excluding carboxylic acids is 1. The van der Waals surface area contributed by atoms with Gasteiger partial charge < -0.3 is 16.2 Å². The molecular weight excluding hydrogens is 192 g/mol. The van der Waals surface area contributed by atoms with Gasteiger partial charge in [-0.3, -0.25) is 4.79 Å². The van der Waals surface area contributed by atoms with E-state index in [1.807, 2.05) is 0 Å². The molecule has 74 valence electrons. The Morgan fingerprint density at radius 3 is 3.00 bits per heavy atom. The Morgan fingerprint density at radius 1 is 1.69 bits per heavy atom. The van der Waals surface area contributed by atoms with Crippen molar-refractivity contribution in [2.75, 3.05) is 11.5 Å². The number of carbonyl (C=O) groups is 2. The van der Waals surface area contributed by atoms with Crippen molar-refractivity contribution in [3.63, 3.8) is 0 Å². The summed E-state index contributed by atoms with van der Waals surface area (Å²) in [4.78, 5) is 21.8. The molecule has 0 aromatic rings. The number of carboxylic acids is 1. The molecule has 0 saturated carbocycles. The number of aliphatic carboxylic acids is 1. The number of nitrogens with two attached hydrogens (primary N) is 1. The van der Waals surface area contributed by atoms with Crippen LogP contribution in [0.25, 0.3) is 0 Å². The third kappa shape index (κ3) is 2.89. The largest absolute Gasteiger partial charge is 0.480 e. The lowest BCUT2D eigenvalue weighted by Gasteiger charge is -2.20. The van der Waals surface area contributed by atoms with Crippen LogP contribution in [-0.2, 0) is 9.59 Å². The normalized spacial score (nSPS) is 30.1. The van der Waals surface area contributed by atoms with Gasteiger partial charge in [-0.25, -0.2) is 4.79 Å². The van der Waals surface area contributed by atoms with Crippen LogP contribution in [0.1, 0.15) is 6.42 Å². The van der Waals surface area contributed by atoms with Gasteiger partial charge in [0.2, 0.25) is 5.91 Å². The summed E-state index contributed by atoms with van der Waals surface area (Å²) in [6.07, 6.45) is 0.600. The number of rotatable bonds is 1. The van der Waals surface area contributed by atoms with E-state index in [0.29, 0.717) is 12.2 Å². The lowest BCUT2D eigenvalue weighted by molar-refractivity contribution is -0.141. The van der Waals surface area contributed by atoms with Crippen molar-refractivity contribution in [2.24, 2.45) is 5.73 Å². The molecule has 0 spiro atoms. The molecule has 0 bridgehead atoms. The Balaban J connectivity index is 2.58. The minimum absolute atomic E-state index is 0.368. The quantitative estimate of drug-likeness (QED) is 0.510. The van der Waals surface area contributed by atoms with E-state index in [9.17, 15) is 9.59 Å². The highest BCUT2D eigenvalue weighted by atomic mass is 32.2. The van der Waals surface area contributed by atoms with Crippen LogP contribution in [0, 0.1) is 0 Å². The average Bonchev–Trinajstić information content (AvgIpc) is 2.06. The first kappa shape index (κ1) is 10.3. The van der Waals surface area contributed by atoms with Gasteiger partial charge in [-0.05, 0) is 12.2 Å². The molecule has 1 amide bonds. The maximum Gasteiger partial charge on any atom is 0.327 e. The van der Waals surface area contributed by atoms with Gasteiger partial charge in [0.1, 0.15) is 6.04 Å². The van der Waals surface area contributed by atoms with Crippen LogP contribution < -0.4 is 11.1 Å². The summed E-state index contributed by atoms with van der Waals surface area (Å²) in [5.74, 6) is -0.228. The molecule has 0 unspecified atom stereocenters. The third-order valence-electron chi connectivity index (χ3n) is 1.81. The Bertz CT molecular complexity index is 222. The Labute approximate surface area is 80.1 Å². The summed E-state index contributed by atoms with van der Waals surface area (Å²) in [5, 5.41) is 11.1. The number of carboxylic acid groups (broad SMARTS) is 1. The van der Waals surface area contributed by atoms with Crippen LogP contribution in [0.4, 0.5) is 0 Å². The predicted molar refractivity (Wildman–Crippen MR) is 49.5 cm³/mol. The van der Waals surface area contributed by atoms with E-state index >= 15 is 0 Å². The monoisotopic (exact) mass is 204 g/mol. The lowest BCUT2D eigenvalue weighted by atomic mass is 10.2. The molecule has 0 radical (unpaired) electrons. The summed E-state index contributed by atoms with van der Waals surface area (Å²) in [6.45, 7) is 0. The van der Waals surface area contributed by atoms with Crippen molar-refractivity contribution in [3.05, 3.63) is 0 Å². The second-order valence-electron chi connectivity index (χ2n) is 2.87. The minimum atomic E-state index is -1.00. The van der Waals surface area contributed by atoms with Crippen molar-refractivity contribution in [2.45, 2.75) is 18.5 Å². The zero-order valence-electron chi connectivity index (χ0n) is 7.03. The van der Waals surface area contributed by atoms with Crippen LogP contribution >= 0.6 is 11.8 Å². The van der Waals surface area contributed by atoms with E-state index < -0.39 is 18.1 Å². The summed E-state index contributed by atoms with van der Waals surface area (Å²) >= 11 is 1.50. The van der Waals surface area contributed by atoms with Gasteiger partial charge in [0, 0.05) is 5.75 Å². The maximum atomic E-state index is 11.2. The summed E-state index contributed by atoms with van der Waals surface area (Å²) in [5.41, 5.74) is 5.49. The van der Waals surface area contributed by atoms with Gasteiger partial charge in [-0.2, -0.15) is 11.8 Å². The molecule has 5 nitrogen and oxygen atoms in total. The molecular formula is C7H12N2O3S. The smallest absolute Gasteiger partial charge is 0.327 e. The number of hydrogen-bond acceptors (Lipinski definition) is 4. The highest BCUT2D eigenvalue weighted by Crippen LogP contribution is 2.10. The molecule has 2 atom stereocenters. The van der Waals surface area contributed by atoms with Gasteiger partial charge in [0.05, 0.1) is 6.04 Å². The second kappa shape index (κ2) is 4.48. The molecule has 1 heterocycles. The third-order valence-corrected chi connectivity index (χ3v) is 2.90. The van der Waals surface area contributed by atoms with E-state index in [2.05, 4.69) is 5.32 Å². The van der Waals surface area contributed by atoms with E-state index in [-0.39, 0.29) is 5.91 Å². The van der Waals surface area contributed by atoms with Crippen LogP contribution in [0.2, 0.25) is 0 Å². The maximum absolute atomic E-state index is 11.2. The molecule has 13 heavy (non-hydrogen) atoms. The van der Waals surface area contributed by atoms with Gasteiger partial charge >= 0.3 is 5.97 Å². The number of amides is 1. The molecule has 1 fully saturated rings. The zero-order chi connectivity index (χ0) is 9.84. The Hall–Kier alpha value is -0.750. The molecule has 0 aliphatic carbocycles. The number of hydrogen-bond donors (Lipinski definition) is 3. The minimum Gasteiger partial charge on any atom is -0.480 e. The van der Waals surface area contributed by atoms with E-state index in [1.165, 1.54) is 11.8 Å². The van der Waals surface area contributed by atoms with Crippen molar-refractivity contribution in [1.82, 2.24) is 5.32 Å². The van der Waals surface area contributed by atoms with E-state index in [4.69, 9.17) is 10.8 Å². The SMILES string of the molecule is N[C@H]1CCSC[C@@H](C(=O)O)NC1=O. The topological polar surface area (TPSA) is 92.4 Å². The Kier molecular flexibility index (Phi) is 3.56. The fraction of sp³-hybridized carbons (Fsp3) is 0.714. The zero-order valence-corrected chi connectivity index (χ0v) is 7.84. The van der Waals surface area contributed by atoms with Crippen LogP contribution in [0.15, 0.2) is 0 Å². The molecule has 0 aromatic heterocycles. The van der Waals surface area contributed by atoms with Crippen LogP contribution in [-0.4, -0.2) is 40.6 Å². The number of thioether (sulfide) groups is 1. The average molecular weight is 204 g/mol. The summed E-state index contributed by atoms with van der Waals surface area (Å²) in [6, 6.07) is -1.38. The lowest BCUT2D eigenvalue weighted by Crippen LogP contribution is -2.50. The van der Waals surface area contributed by atoms with Crippen molar-refractivity contribution >= 4 is 23.6 Å². The number of nitrogens with one attached hydrogen (secondary N) is 1. The van der Waals surface area contributed by atoms with Crippen molar-refractivity contribution in [1.29, 1.82) is 0 Å². The van der Waals surface area contributed by atoms with Crippen molar-refractivity contribution < 1.29 is 14.7 Å². The molecule has 0 aromatic carbocycles. The fourth-order valence-corrected chi connectivity index (χ4v) is 2.04. The van der Waals surface area contributed by atoms with Crippen molar-refractivity contribution in [3.8, 4) is 0 Å². The molecule has 6 heteroatoms. The van der Waals surface area contributed by atoms with E-state index in [0.717, 1.165) is 5.75 Å². The molecule has 1 saturated heterocycles. The molecule has 1 aliphatic heterocycles. The highest BCUT2D eigenvalue weighted by molar-refractivity contribution is 7.99. The molecule has 1 rings (SSSR count). The second-order valence-corrected chi connectivity index (χ2v) is 4.02. The highest BCUT2D eigenvalue weighted by Gasteiger charge is 2.25. The first-order valence-electron chi connectivity index (χ1n) is 3.98. The molecule has 4 N–H and O–H groups in total. The first-order chi connectivity index (χ1) is 6.11. The molecule has 1 aliphatic rings. The first-order valence-corrected chi connectivity index (χ1v) is 5.13. The van der Waals surface area contributed by atoms with Crippen LogP contribution in [0.3, 0.4) is 0 Å². The Morgan fingerprint density at radius 2 is 2.38 bits per heavy atom. The fourth-order valence-electron chi connectivity index (χ4n) is 0.996. The summed E-state index contributed by atoms with van der Waals surface area (Å²) in [7, 11) is 0. The van der Waals surface area contributed by atoms with E-state index in [1.54, 1.807) is 0 Å². The standard InChI is InChI=1S/C7H12N2O3S/c8-4-1-2-13-3-5(7(11)12)9-6(4)10/h4-5H,1-3,8H2,(H,9,10)(H,11,12)/t4-,5-/m0/s1.